The fraction of sp³-hybridized carbons (Fsp3) is 0.357. The molecule has 0 atom stereocenters. The van der Waals surface area contributed by atoms with E-state index >= 15 is 0 Å². The number of nitro groups is 1. The summed E-state index contributed by atoms with van der Waals surface area (Å²) in [5, 5.41) is 17.8. The van der Waals surface area contributed by atoms with Crippen molar-refractivity contribution in [3.63, 3.8) is 0 Å². The molecule has 0 aliphatic rings. The maximum atomic E-state index is 10.7. The number of aromatic amines is 1. The summed E-state index contributed by atoms with van der Waals surface area (Å²) in [6, 6.07) is 8.43. The lowest BCUT2D eigenvalue weighted by molar-refractivity contribution is -0.384. The van der Waals surface area contributed by atoms with Crippen LogP contribution in [0, 0.1) is 10.1 Å². The molecule has 0 spiro atoms. The van der Waals surface area contributed by atoms with Crippen LogP contribution in [0.5, 0.6) is 0 Å². The van der Waals surface area contributed by atoms with Gasteiger partial charge in [-0.2, -0.15) is 5.10 Å². The summed E-state index contributed by atoms with van der Waals surface area (Å²) < 4.78 is 0. The van der Waals surface area contributed by atoms with Gasteiger partial charge in [-0.15, -0.1) is 0 Å². The van der Waals surface area contributed by atoms with Crippen molar-refractivity contribution in [2.24, 2.45) is 0 Å². The predicted molar refractivity (Wildman–Crippen MR) is 76.0 cm³/mol. The minimum absolute atomic E-state index is 0.0857. The average molecular weight is 261 g/mol. The smallest absolute Gasteiger partial charge is 0.270 e. The summed E-state index contributed by atoms with van der Waals surface area (Å²) >= 11 is 0. The number of rotatable bonds is 4. The zero-order valence-electron chi connectivity index (χ0n) is 11.5. The molecule has 1 heterocycles. The van der Waals surface area contributed by atoms with Gasteiger partial charge in [0.15, 0.2) is 0 Å². The lowest BCUT2D eigenvalue weighted by Crippen LogP contribution is -1.88. The molecular weight excluding hydrogens is 242 g/mol. The lowest BCUT2D eigenvalue weighted by Gasteiger charge is -1.95. The average Bonchev–Trinajstić information content (AvgIpc) is 2.90. The van der Waals surface area contributed by atoms with Crippen molar-refractivity contribution in [1.82, 2.24) is 10.2 Å². The molecule has 0 radical (unpaired) electrons. The Morgan fingerprint density at radius 2 is 2.05 bits per heavy atom. The van der Waals surface area contributed by atoms with Crippen molar-refractivity contribution < 1.29 is 4.92 Å². The molecule has 0 bridgehead atoms. The van der Waals surface area contributed by atoms with Crippen molar-refractivity contribution >= 4 is 5.69 Å². The van der Waals surface area contributed by atoms with Crippen LogP contribution in [0.25, 0.3) is 11.3 Å². The quantitative estimate of drug-likeness (QED) is 0.668. The monoisotopic (exact) mass is 261 g/mol. The highest BCUT2D eigenvalue weighted by molar-refractivity contribution is 5.62. The highest BCUT2D eigenvalue weighted by Gasteiger charge is 2.09. The summed E-state index contributed by atoms with van der Waals surface area (Å²) in [7, 11) is 0. The molecule has 0 saturated carbocycles. The van der Waals surface area contributed by atoms with E-state index < -0.39 is 4.92 Å². The Kier molecular flexibility index (Phi) is 5.73. The van der Waals surface area contributed by atoms with Crippen molar-refractivity contribution in [3.05, 3.63) is 46.1 Å². The third-order valence-corrected chi connectivity index (χ3v) is 2.50. The minimum atomic E-state index is -0.400. The van der Waals surface area contributed by atoms with E-state index in [4.69, 9.17) is 0 Å². The van der Waals surface area contributed by atoms with Crippen molar-refractivity contribution in [2.75, 3.05) is 0 Å². The van der Waals surface area contributed by atoms with E-state index in [1.165, 1.54) is 12.1 Å². The number of non-ortho nitro benzene ring substituents is 1. The first-order valence-corrected chi connectivity index (χ1v) is 6.50. The number of aryl methyl sites for hydroxylation is 1. The summed E-state index contributed by atoms with van der Waals surface area (Å²) in [6.45, 7) is 6.09. The van der Waals surface area contributed by atoms with Gasteiger partial charge in [0.2, 0.25) is 0 Å². The molecule has 1 aromatic heterocycles. The Morgan fingerprint density at radius 3 is 2.68 bits per heavy atom. The molecule has 19 heavy (non-hydrogen) atoms. The largest absolute Gasteiger partial charge is 0.282 e. The first-order chi connectivity index (χ1) is 9.20. The second-order valence-electron chi connectivity index (χ2n) is 3.84. The second kappa shape index (κ2) is 7.31. The first kappa shape index (κ1) is 14.9. The molecule has 5 heteroatoms. The van der Waals surface area contributed by atoms with Crippen molar-refractivity contribution in [3.8, 4) is 11.3 Å². The second-order valence-corrected chi connectivity index (χ2v) is 3.84. The maximum absolute atomic E-state index is 10.7. The van der Waals surface area contributed by atoms with E-state index in [2.05, 4.69) is 17.1 Å². The summed E-state index contributed by atoms with van der Waals surface area (Å²) in [4.78, 5) is 10.3. The zero-order valence-corrected chi connectivity index (χ0v) is 11.5. The molecule has 0 aliphatic carbocycles. The molecule has 5 nitrogen and oxygen atoms in total. The van der Waals surface area contributed by atoms with Crippen LogP contribution in [-0.2, 0) is 6.42 Å². The molecule has 1 N–H and O–H groups in total. The van der Waals surface area contributed by atoms with Gasteiger partial charge in [0.25, 0.3) is 5.69 Å². The molecule has 0 aliphatic heterocycles. The van der Waals surface area contributed by atoms with E-state index in [-0.39, 0.29) is 5.69 Å². The number of nitrogens with zero attached hydrogens (tertiary/aromatic N) is 2. The van der Waals surface area contributed by atoms with E-state index in [1.807, 2.05) is 26.0 Å². The van der Waals surface area contributed by atoms with Crippen LogP contribution in [0.4, 0.5) is 5.69 Å². The SMILES string of the molecule is CC.CCCc1cc(-c2cccc([N+](=O)[O-])c2)n[nH]1. The Hall–Kier alpha value is -2.17. The molecule has 0 fully saturated rings. The normalized spacial score (nSPS) is 9.63. The van der Waals surface area contributed by atoms with Crippen LogP contribution in [0.3, 0.4) is 0 Å². The lowest BCUT2D eigenvalue weighted by atomic mass is 10.1. The van der Waals surface area contributed by atoms with E-state index in [9.17, 15) is 10.1 Å². The summed E-state index contributed by atoms with van der Waals surface area (Å²) in [6.07, 6.45) is 1.97. The number of hydrogen-bond donors (Lipinski definition) is 1. The number of hydrogen-bond acceptors (Lipinski definition) is 3. The molecule has 2 rings (SSSR count). The molecule has 0 saturated heterocycles. The Balaban J connectivity index is 0.000000861. The third-order valence-electron chi connectivity index (χ3n) is 2.50. The number of aromatic nitrogens is 2. The van der Waals surface area contributed by atoms with Crippen molar-refractivity contribution in [1.29, 1.82) is 0 Å². The zero-order chi connectivity index (χ0) is 14.3. The molecule has 2 aromatic rings. The van der Waals surface area contributed by atoms with Crippen LogP contribution in [0.1, 0.15) is 32.9 Å². The third kappa shape index (κ3) is 3.91. The van der Waals surface area contributed by atoms with Gasteiger partial charge in [-0.05, 0) is 12.5 Å². The Morgan fingerprint density at radius 1 is 1.32 bits per heavy atom. The number of nitro benzene ring substituents is 1. The fourth-order valence-corrected chi connectivity index (χ4v) is 1.69. The van der Waals surface area contributed by atoms with Crippen LogP contribution in [0.2, 0.25) is 0 Å². The topological polar surface area (TPSA) is 71.8 Å². The number of benzene rings is 1. The molecular formula is C14H19N3O2. The van der Waals surface area contributed by atoms with Gasteiger partial charge in [-0.25, -0.2) is 0 Å². The molecule has 0 unspecified atom stereocenters. The van der Waals surface area contributed by atoms with Crippen LogP contribution in [-0.4, -0.2) is 15.1 Å². The van der Waals surface area contributed by atoms with E-state index in [0.717, 1.165) is 29.8 Å². The Bertz CT molecular complexity index is 535. The van der Waals surface area contributed by atoms with E-state index in [1.54, 1.807) is 6.07 Å². The molecule has 102 valence electrons. The van der Waals surface area contributed by atoms with Gasteiger partial charge in [-0.3, -0.25) is 15.2 Å². The van der Waals surface area contributed by atoms with Crippen LogP contribution < -0.4 is 0 Å². The highest BCUT2D eigenvalue weighted by Crippen LogP contribution is 2.22. The van der Waals surface area contributed by atoms with Gasteiger partial charge in [-0.1, -0.05) is 39.3 Å². The molecule has 1 aromatic carbocycles. The standard InChI is InChI=1S/C12H13N3O2.C2H6/c1-2-4-10-8-12(14-13-10)9-5-3-6-11(7-9)15(16)17;1-2/h3,5-8H,2,4H2,1H3,(H,13,14);1-2H3. The fourth-order valence-electron chi connectivity index (χ4n) is 1.69. The summed E-state index contributed by atoms with van der Waals surface area (Å²) in [5.74, 6) is 0. The van der Waals surface area contributed by atoms with Crippen LogP contribution in [0.15, 0.2) is 30.3 Å². The maximum Gasteiger partial charge on any atom is 0.270 e. The number of nitrogens with one attached hydrogen (secondary N) is 1. The van der Waals surface area contributed by atoms with E-state index in [0.29, 0.717) is 0 Å². The van der Waals surface area contributed by atoms with Gasteiger partial charge in [0.05, 0.1) is 10.6 Å². The van der Waals surface area contributed by atoms with Crippen molar-refractivity contribution in [2.45, 2.75) is 33.6 Å². The van der Waals surface area contributed by atoms with Crippen LogP contribution >= 0.6 is 0 Å². The van der Waals surface area contributed by atoms with Gasteiger partial charge < -0.3 is 0 Å². The number of H-pyrrole nitrogens is 1. The Labute approximate surface area is 112 Å². The highest BCUT2D eigenvalue weighted by atomic mass is 16.6. The molecule has 0 amide bonds. The first-order valence-electron chi connectivity index (χ1n) is 6.50. The van der Waals surface area contributed by atoms with Gasteiger partial charge in [0.1, 0.15) is 0 Å². The van der Waals surface area contributed by atoms with Gasteiger partial charge >= 0.3 is 0 Å². The predicted octanol–water partition coefficient (Wildman–Crippen LogP) is 3.96. The van der Waals surface area contributed by atoms with Gasteiger partial charge in [0, 0.05) is 23.4 Å². The minimum Gasteiger partial charge on any atom is -0.282 e. The summed E-state index contributed by atoms with van der Waals surface area (Å²) in [5.41, 5.74) is 2.64.